The summed E-state index contributed by atoms with van der Waals surface area (Å²) in [5.41, 5.74) is -0.849. The number of hydrogen-bond donors (Lipinski definition) is 2. The largest absolute Gasteiger partial charge is 0.416 e. The average molecular weight is 450 g/mol. The molecule has 0 unspecified atom stereocenters. The Hall–Kier alpha value is -3.53. The van der Waals surface area contributed by atoms with Crippen LogP contribution in [0.1, 0.15) is 34.5 Å². The van der Waals surface area contributed by atoms with Crippen LogP contribution in [0.25, 0.3) is 0 Å². The van der Waals surface area contributed by atoms with Crippen molar-refractivity contribution < 1.29 is 18.0 Å². The van der Waals surface area contributed by atoms with Gasteiger partial charge in [0.15, 0.2) is 0 Å². The molecule has 0 aliphatic carbocycles. The molecule has 160 valence electrons. The third-order valence-corrected chi connectivity index (χ3v) is 4.41. The van der Waals surface area contributed by atoms with Crippen molar-refractivity contribution in [1.82, 2.24) is 9.97 Å². The van der Waals surface area contributed by atoms with Gasteiger partial charge in [-0.15, -0.1) is 4.91 Å². The molecule has 0 spiro atoms. The van der Waals surface area contributed by atoms with Crippen LogP contribution in [0.4, 0.5) is 30.4 Å². The molecule has 0 bridgehead atoms. The molecule has 2 N–H and O–H groups in total. The van der Waals surface area contributed by atoms with E-state index in [2.05, 4.69) is 25.8 Å². The Morgan fingerprint density at radius 3 is 2.61 bits per heavy atom. The first kappa shape index (κ1) is 22.2. The van der Waals surface area contributed by atoms with Crippen molar-refractivity contribution in [1.29, 1.82) is 0 Å². The van der Waals surface area contributed by atoms with Gasteiger partial charge in [-0.2, -0.15) is 13.2 Å². The number of aromatic nitrogens is 2. The van der Waals surface area contributed by atoms with Crippen LogP contribution in [-0.4, -0.2) is 15.9 Å². The van der Waals surface area contributed by atoms with Crippen LogP contribution < -0.4 is 10.6 Å². The van der Waals surface area contributed by atoms with E-state index >= 15 is 0 Å². The molecule has 0 radical (unpaired) electrons. The smallest absolute Gasteiger partial charge is 0.362 e. The molecular weight excluding hydrogens is 435 g/mol. The molecule has 0 aliphatic heterocycles. The number of nitrogens with zero attached hydrogens (tertiary/aromatic N) is 3. The Kier molecular flexibility index (Phi) is 6.50. The standard InChI is InChI=1S/C20H15ClF3N5O2/c1-11(26-18-10-25-9-17(21)28-18)12-3-2-4-15(6-12)27-19(30)13-5-14(20(22,23)24)8-16(7-13)29-31/h2-11H,1H3,(H,26,28)(H,27,30)/t11-/m0/s1. The number of benzene rings is 2. The number of carbonyl (C=O) groups is 1. The van der Waals surface area contributed by atoms with Gasteiger partial charge in [0.1, 0.15) is 16.7 Å². The number of anilines is 2. The summed E-state index contributed by atoms with van der Waals surface area (Å²) in [4.78, 5) is 31.3. The Labute approximate surface area is 179 Å². The molecule has 11 heteroatoms. The lowest BCUT2D eigenvalue weighted by atomic mass is 10.1. The first-order valence-corrected chi connectivity index (χ1v) is 9.24. The Morgan fingerprint density at radius 2 is 1.94 bits per heavy atom. The van der Waals surface area contributed by atoms with Gasteiger partial charge in [0.2, 0.25) is 0 Å². The van der Waals surface area contributed by atoms with Crippen LogP contribution in [0.5, 0.6) is 0 Å². The lowest BCUT2D eigenvalue weighted by Crippen LogP contribution is -2.15. The molecule has 3 rings (SSSR count). The predicted octanol–water partition coefficient (Wildman–Crippen LogP) is 5.97. The SMILES string of the molecule is C[C@H](Nc1cncc(Cl)n1)c1cccc(NC(=O)c2cc(N=O)cc(C(F)(F)F)c2)c1. The minimum atomic E-state index is -4.72. The number of halogens is 4. The number of hydrogen-bond acceptors (Lipinski definition) is 6. The van der Waals surface area contributed by atoms with Crippen LogP contribution in [0.2, 0.25) is 5.15 Å². The molecule has 1 heterocycles. The van der Waals surface area contributed by atoms with Crippen molar-refractivity contribution in [3.05, 3.63) is 81.6 Å². The highest BCUT2D eigenvalue weighted by molar-refractivity contribution is 6.29. The highest BCUT2D eigenvalue weighted by Crippen LogP contribution is 2.33. The van der Waals surface area contributed by atoms with Gasteiger partial charge in [0.05, 0.1) is 24.0 Å². The van der Waals surface area contributed by atoms with Crippen molar-refractivity contribution >= 4 is 34.7 Å². The quantitative estimate of drug-likeness (QED) is 0.452. The van der Waals surface area contributed by atoms with Crippen LogP contribution >= 0.6 is 11.6 Å². The summed E-state index contributed by atoms with van der Waals surface area (Å²) in [6.45, 7) is 1.85. The van der Waals surface area contributed by atoms with Crippen LogP contribution in [0.3, 0.4) is 0 Å². The van der Waals surface area contributed by atoms with Crippen LogP contribution in [0.15, 0.2) is 60.0 Å². The van der Waals surface area contributed by atoms with E-state index < -0.39 is 23.3 Å². The van der Waals surface area contributed by atoms with E-state index in [-0.39, 0.29) is 16.8 Å². The van der Waals surface area contributed by atoms with Crippen molar-refractivity contribution in [3.8, 4) is 0 Å². The average Bonchev–Trinajstić information content (AvgIpc) is 2.73. The zero-order valence-electron chi connectivity index (χ0n) is 15.9. The predicted molar refractivity (Wildman–Crippen MR) is 110 cm³/mol. The van der Waals surface area contributed by atoms with E-state index in [1.165, 1.54) is 12.4 Å². The Morgan fingerprint density at radius 1 is 1.16 bits per heavy atom. The lowest BCUT2D eigenvalue weighted by molar-refractivity contribution is -0.137. The second-order valence-corrected chi connectivity index (χ2v) is 6.92. The molecule has 7 nitrogen and oxygen atoms in total. The molecule has 31 heavy (non-hydrogen) atoms. The van der Waals surface area contributed by atoms with E-state index in [9.17, 15) is 22.9 Å². The summed E-state index contributed by atoms with van der Waals surface area (Å²) in [6.07, 6.45) is -1.83. The van der Waals surface area contributed by atoms with Crippen LogP contribution in [-0.2, 0) is 6.18 Å². The lowest BCUT2D eigenvalue weighted by Gasteiger charge is -2.16. The second-order valence-electron chi connectivity index (χ2n) is 6.53. The summed E-state index contributed by atoms with van der Waals surface area (Å²) in [5, 5.41) is 8.38. The topological polar surface area (TPSA) is 96.3 Å². The molecule has 0 saturated heterocycles. The maximum absolute atomic E-state index is 13.0. The molecule has 1 atom stereocenters. The van der Waals surface area contributed by atoms with E-state index in [1.807, 2.05) is 6.92 Å². The zero-order valence-corrected chi connectivity index (χ0v) is 16.7. The fraction of sp³-hybridized carbons (Fsp3) is 0.150. The maximum Gasteiger partial charge on any atom is 0.416 e. The van der Waals surface area contributed by atoms with Crippen molar-refractivity contribution in [2.24, 2.45) is 5.18 Å². The van der Waals surface area contributed by atoms with E-state index in [4.69, 9.17) is 11.6 Å². The van der Waals surface area contributed by atoms with Gasteiger partial charge in [-0.05, 0) is 48.0 Å². The number of nitroso groups, excluding NO2 is 1. The van der Waals surface area contributed by atoms with Crippen molar-refractivity contribution in [2.45, 2.75) is 19.1 Å². The summed E-state index contributed by atoms with van der Waals surface area (Å²) in [7, 11) is 0. The zero-order chi connectivity index (χ0) is 22.6. The van der Waals surface area contributed by atoms with E-state index in [0.29, 0.717) is 23.6 Å². The van der Waals surface area contributed by atoms with E-state index in [0.717, 1.165) is 11.6 Å². The van der Waals surface area contributed by atoms with Gasteiger partial charge >= 0.3 is 6.18 Å². The highest BCUT2D eigenvalue weighted by Gasteiger charge is 2.32. The van der Waals surface area contributed by atoms with Crippen molar-refractivity contribution in [2.75, 3.05) is 10.6 Å². The third-order valence-electron chi connectivity index (χ3n) is 4.23. The van der Waals surface area contributed by atoms with Crippen LogP contribution in [0, 0.1) is 4.91 Å². The summed E-state index contributed by atoms with van der Waals surface area (Å²) in [6, 6.07) is 8.70. The normalized spacial score (nSPS) is 12.2. The number of amides is 1. The molecule has 1 amide bonds. The fourth-order valence-electron chi connectivity index (χ4n) is 2.76. The van der Waals surface area contributed by atoms with E-state index in [1.54, 1.807) is 24.3 Å². The number of carbonyl (C=O) groups excluding carboxylic acids is 1. The third kappa shape index (κ3) is 5.76. The maximum atomic E-state index is 13.0. The van der Waals surface area contributed by atoms with Gasteiger partial charge in [-0.1, -0.05) is 23.7 Å². The molecular formula is C20H15ClF3N5O2. The number of alkyl halides is 3. The molecule has 0 fully saturated rings. The van der Waals surface area contributed by atoms with Gasteiger partial charge < -0.3 is 10.6 Å². The first-order chi connectivity index (χ1) is 14.7. The molecule has 0 aliphatic rings. The summed E-state index contributed by atoms with van der Waals surface area (Å²) in [5.74, 6) is -0.359. The van der Waals surface area contributed by atoms with Gasteiger partial charge in [0.25, 0.3) is 5.91 Å². The minimum absolute atomic E-state index is 0.225. The number of rotatable bonds is 6. The van der Waals surface area contributed by atoms with Gasteiger partial charge in [-0.3, -0.25) is 9.78 Å². The number of nitrogens with one attached hydrogen (secondary N) is 2. The molecule has 3 aromatic rings. The minimum Gasteiger partial charge on any atom is -0.362 e. The molecule has 0 saturated carbocycles. The Balaban J connectivity index is 1.79. The summed E-state index contributed by atoms with van der Waals surface area (Å²) < 4.78 is 39.1. The highest BCUT2D eigenvalue weighted by atomic mass is 35.5. The monoisotopic (exact) mass is 449 g/mol. The fourth-order valence-corrected chi connectivity index (χ4v) is 2.91. The van der Waals surface area contributed by atoms with Crippen molar-refractivity contribution in [3.63, 3.8) is 0 Å². The summed E-state index contributed by atoms with van der Waals surface area (Å²) >= 11 is 5.82. The molecule has 1 aromatic heterocycles. The second kappa shape index (κ2) is 9.09. The Bertz CT molecular complexity index is 1120. The molecule has 2 aromatic carbocycles. The first-order valence-electron chi connectivity index (χ1n) is 8.87. The van der Waals surface area contributed by atoms with Gasteiger partial charge in [-0.25, -0.2) is 4.98 Å². The van der Waals surface area contributed by atoms with Gasteiger partial charge in [0, 0.05) is 11.3 Å².